The lowest BCUT2D eigenvalue weighted by Crippen LogP contribution is -2.34. The van der Waals surface area contributed by atoms with Crippen LogP contribution >= 0.6 is 11.6 Å². The highest BCUT2D eigenvalue weighted by molar-refractivity contribution is 6.31. The molecular formula is C14H15ClN2O2. The molecule has 0 aromatic heterocycles. The SMILES string of the molecule is O=C1C2CCCCCN2C(=O)N1c1cccc(Cl)c1. The number of halogens is 1. The minimum absolute atomic E-state index is 0.117. The van der Waals surface area contributed by atoms with Crippen molar-refractivity contribution >= 4 is 29.2 Å². The number of carbonyl (C=O) groups excluding carboxylic acids is 2. The Balaban J connectivity index is 1.95. The lowest BCUT2D eigenvalue weighted by Gasteiger charge is -2.18. The summed E-state index contributed by atoms with van der Waals surface area (Å²) in [5.74, 6) is -0.117. The van der Waals surface area contributed by atoms with Gasteiger partial charge in [-0.15, -0.1) is 0 Å². The maximum atomic E-state index is 12.4. The van der Waals surface area contributed by atoms with Crippen LogP contribution in [0.2, 0.25) is 5.02 Å². The predicted molar refractivity (Wildman–Crippen MR) is 73.3 cm³/mol. The molecule has 2 aliphatic rings. The van der Waals surface area contributed by atoms with Crippen LogP contribution in [0.1, 0.15) is 25.7 Å². The second-order valence-electron chi connectivity index (χ2n) is 4.99. The smallest absolute Gasteiger partial charge is 0.312 e. The van der Waals surface area contributed by atoms with E-state index in [0.717, 1.165) is 25.7 Å². The van der Waals surface area contributed by atoms with Crippen molar-refractivity contribution in [1.82, 2.24) is 4.90 Å². The van der Waals surface area contributed by atoms with E-state index < -0.39 is 0 Å². The summed E-state index contributed by atoms with van der Waals surface area (Å²) >= 11 is 5.93. The molecule has 5 heteroatoms. The molecule has 2 fully saturated rings. The van der Waals surface area contributed by atoms with Crippen LogP contribution in [-0.4, -0.2) is 29.4 Å². The second-order valence-corrected chi connectivity index (χ2v) is 5.43. The number of nitrogens with zero attached hydrogens (tertiary/aromatic N) is 2. The van der Waals surface area contributed by atoms with Crippen molar-refractivity contribution in [1.29, 1.82) is 0 Å². The number of hydrogen-bond donors (Lipinski definition) is 0. The van der Waals surface area contributed by atoms with Gasteiger partial charge in [0.2, 0.25) is 0 Å². The third-order valence-electron chi connectivity index (χ3n) is 3.76. The molecule has 1 aromatic carbocycles. The van der Waals surface area contributed by atoms with E-state index in [2.05, 4.69) is 0 Å². The molecule has 2 aliphatic heterocycles. The molecular weight excluding hydrogens is 264 g/mol. The number of amides is 3. The lowest BCUT2D eigenvalue weighted by atomic mass is 10.1. The van der Waals surface area contributed by atoms with Gasteiger partial charge >= 0.3 is 6.03 Å². The number of anilines is 1. The van der Waals surface area contributed by atoms with Gasteiger partial charge in [0.15, 0.2) is 0 Å². The molecule has 1 atom stereocenters. The first-order chi connectivity index (χ1) is 9.18. The molecule has 2 heterocycles. The fraction of sp³-hybridized carbons (Fsp3) is 0.429. The average molecular weight is 279 g/mol. The van der Waals surface area contributed by atoms with Gasteiger partial charge in [-0.2, -0.15) is 0 Å². The van der Waals surface area contributed by atoms with Crippen molar-refractivity contribution in [3.8, 4) is 0 Å². The molecule has 1 unspecified atom stereocenters. The van der Waals surface area contributed by atoms with Crippen LogP contribution in [0.5, 0.6) is 0 Å². The van der Waals surface area contributed by atoms with E-state index in [-0.39, 0.29) is 18.0 Å². The fourth-order valence-corrected chi connectivity index (χ4v) is 3.00. The first-order valence-electron chi connectivity index (χ1n) is 6.58. The van der Waals surface area contributed by atoms with E-state index in [9.17, 15) is 9.59 Å². The molecule has 4 nitrogen and oxygen atoms in total. The van der Waals surface area contributed by atoms with E-state index in [1.165, 1.54) is 4.90 Å². The van der Waals surface area contributed by atoms with Crippen LogP contribution in [0, 0.1) is 0 Å². The zero-order valence-corrected chi connectivity index (χ0v) is 11.3. The van der Waals surface area contributed by atoms with Crippen LogP contribution < -0.4 is 4.90 Å². The summed E-state index contributed by atoms with van der Waals surface area (Å²) in [5.41, 5.74) is 0.565. The van der Waals surface area contributed by atoms with Gasteiger partial charge in [0.1, 0.15) is 6.04 Å². The zero-order valence-electron chi connectivity index (χ0n) is 10.5. The fourth-order valence-electron chi connectivity index (χ4n) is 2.82. The van der Waals surface area contributed by atoms with Crippen LogP contribution in [0.4, 0.5) is 10.5 Å². The normalized spacial score (nSPS) is 23.5. The molecule has 0 aliphatic carbocycles. The van der Waals surface area contributed by atoms with Gasteiger partial charge < -0.3 is 4.90 Å². The van der Waals surface area contributed by atoms with E-state index in [1.54, 1.807) is 29.2 Å². The van der Waals surface area contributed by atoms with Gasteiger partial charge in [0.25, 0.3) is 5.91 Å². The molecule has 3 rings (SSSR count). The second kappa shape index (κ2) is 4.85. The summed E-state index contributed by atoms with van der Waals surface area (Å²) < 4.78 is 0. The Morgan fingerprint density at radius 3 is 2.79 bits per heavy atom. The Kier molecular flexibility index (Phi) is 3.19. The molecule has 0 N–H and O–H groups in total. The summed E-state index contributed by atoms with van der Waals surface area (Å²) in [6.07, 6.45) is 3.83. The van der Waals surface area contributed by atoms with Crippen molar-refractivity contribution in [2.45, 2.75) is 31.7 Å². The lowest BCUT2D eigenvalue weighted by molar-refractivity contribution is -0.119. The highest BCUT2D eigenvalue weighted by Crippen LogP contribution is 2.31. The van der Waals surface area contributed by atoms with Gasteiger partial charge in [0.05, 0.1) is 5.69 Å². The maximum absolute atomic E-state index is 12.4. The summed E-state index contributed by atoms with van der Waals surface area (Å²) in [6.45, 7) is 0.673. The van der Waals surface area contributed by atoms with Crippen LogP contribution in [0.15, 0.2) is 24.3 Å². The Morgan fingerprint density at radius 1 is 1.16 bits per heavy atom. The maximum Gasteiger partial charge on any atom is 0.332 e. The van der Waals surface area contributed by atoms with Crippen molar-refractivity contribution < 1.29 is 9.59 Å². The number of imide groups is 1. The highest BCUT2D eigenvalue weighted by Gasteiger charge is 2.45. The zero-order chi connectivity index (χ0) is 13.4. The monoisotopic (exact) mass is 278 g/mol. The van der Waals surface area contributed by atoms with E-state index >= 15 is 0 Å². The number of carbonyl (C=O) groups is 2. The largest absolute Gasteiger partial charge is 0.332 e. The topological polar surface area (TPSA) is 40.6 Å². The van der Waals surface area contributed by atoms with E-state index in [0.29, 0.717) is 17.3 Å². The predicted octanol–water partition coefficient (Wildman–Crippen LogP) is 3.05. The van der Waals surface area contributed by atoms with Crippen LogP contribution in [0.3, 0.4) is 0 Å². The molecule has 100 valence electrons. The molecule has 0 saturated carbocycles. The summed E-state index contributed by atoms with van der Waals surface area (Å²) in [6, 6.07) is 6.39. The van der Waals surface area contributed by atoms with Gasteiger partial charge in [0, 0.05) is 11.6 Å². The van der Waals surface area contributed by atoms with E-state index in [4.69, 9.17) is 11.6 Å². The summed E-state index contributed by atoms with van der Waals surface area (Å²) in [4.78, 5) is 27.8. The third kappa shape index (κ3) is 2.10. The Morgan fingerprint density at radius 2 is 2.00 bits per heavy atom. The van der Waals surface area contributed by atoms with Crippen molar-refractivity contribution in [3.63, 3.8) is 0 Å². The molecule has 1 aromatic rings. The average Bonchev–Trinajstić information content (AvgIpc) is 2.59. The first-order valence-corrected chi connectivity index (χ1v) is 6.96. The van der Waals surface area contributed by atoms with Crippen molar-refractivity contribution in [2.24, 2.45) is 0 Å². The van der Waals surface area contributed by atoms with Crippen LogP contribution in [0.25, 0.3) is 0 Å². The Bertz CT molecular complexity index is 508. The van der Waals surface area contributed by atoms with Gasteiger partial charge in [-0.3, -0.25) is 4.79 Å². The highest BCUT2D eigenvalue weighted by atomic mass is 35.5. The molecule has 3 amide bonds. The van der Waals surface area contributed by atoms with Gasteiger partial charge in [-0.05, 0) is 31.0 Å². The third-order valence-corrected chi connectivity index (χ3v) is 4.00. The molecule has 0 radical (unpaired) electrons. The number of fused-ring (bicyclic) bond motifs is 1. The molecule has 0 bridgehead atoms. The number of rotatable bonds is 1. The number of hydrogen-bond acceptors (Lipinski definition) is 2. The number of benzene rings is 1. The molecule has 0 spiro atoms. The minimum atomic E-state index is -0.283. The Labute approximate surface area is 116 Å². The van der Waals surface area contributed by atoms with Crippen LogP contribution in [-0.2, 0) is 4.79 Å². The van der Waals surface area contributed by atoms with Gasteiger partial charge in [-0.25, -0.2) is 9.69 Å². The quantitative estimate of drug-likeness (QED) is 0.741. The minimum Gasteiger partial charge on any atom is -0.312 e. The first kappa shape index (κ1) is 12.5. The van der Waals surface area contributed by atoms with Crippen molar-refractivity contribution in [3.05, 3.63) is 29.3 Å². The van der Waals surface area contributed by atoms with Gasteiger partial charge in [-0.1, -0.05) is 30.5 Å². The summed E-state index contributed by atoms with van der Waals surface area (Å²) in [5, 5.41) is 0.528. The molecule has 19 heavy (non-hydrogen) atoms. The number of urea groups is 1. The Hall–Kier alpha value is -1.55. The standard InChI is InChI=1S/C14H15ClN2O2/c15-10-5-4-6-11(9-10)17-13(18)12-7-2-1-3-8-16(12)14(17)19/h4-6,9,12H,1-3,7-8H2. The summed E-state index contributed by atoms with van der Waals surface area (Å²) in [7, 11) is 0. The molecule has 2 saturated heterocycles. The van der Waals surface area contributed by atoms with Crippen molar-refractivity contribution in [2.75, 3.05) is 11.4 Å². The van der Waals surface area contributed by atoms with E-state index in [1.807, 2.05) is 0 Å².